The third-order valence-corrected chi connectivity index (χ3v) is 9.85. The number of ether oxygens (including phenoxy) is 3. The number of hydrogen-bond acceptors (Lipinski definition) is 6. The normalized spacial score (nSPS) is 23.0. The molecule has 0 amide bonds. The van der Waals surface area contributed by atoms with Gasteiger partial charge in [0, 0.05) is 36.8 Å². The van der Waals surface area contributed by atoms with Crippen molar-refractivity contribution < 1.29 is 31.8 Å². The van der Waals surface area contributed by atoms with E-state index in [1.807, 2.05) is 36.4 Å². The lowest BCUT2D eigenvalue weighted by Gasteiger charge is -2.39. The van der Waals surface area contributed by atoms with Gasteiger partial charge in [-0.25, -0.2) is 17.6 Å². The number of carbonyl (C=O) groups is 1. The second kappa shape index (κ2) is 12.5. The zero-order valence-electron chi connectivity index (χ0n) is 21.8. The van der Waals surface area contributed by atoms with Crippen LogP contribution in [0.5, 0.6) is 0 Å². The van der Waals surface area contributed by atoms with E-state index < -0.39 is 38.5 Å². The largest absolute Gasteiger partial charge is 0.464 e. The SMILES string of the molecule is C=C[C@H]1CC[C@H](c2ccccc2)S(=O)(=O)N1Cc1ccc(C2(COCC(=O)OCC)CCOCC2)cc1F. The Labute approximate surface area is 224 Å². The maximum absolute atomic E-state index is 15.6. The molecule has 0 unspecified atom stereocenters. The lowest BCUT2D eigenvalue weighted by atomic mass is 9.74. The molecule has 4 rings (SSSR count). The molecule has 38 heavy (non-hydrogen) atoms. The van der Waals surface area contributed by atoms with E-state index in [2.05, 4.69) is 6.58 Å². The Kier molecular flexibility index (Phi) is 9.36. The summed E-state index contributed by atoms with van der Waals surface area (Å²) in [7, 11) is -3.75. The van der Waals surface area contributed by atoms with Crippen molar-refractivity contribution in [2.45, 2.75) is 55.9 Å². The fourth-order valence-corrected chi connectivity index (χ4v) is 7.55. The van der Waals surface area contributed by atoms with Crippen molar-refractivity contribution in [3.63, 3.8) is 0 Å². The number of esters is 1. The highest BCUT2D eigenvalue weighted by molar-refractivity contribution is 7.89. The standard InChI is InChI=1S/C29H36FNO6S/c1-3-25-12-13-27(22-8-6-5-7-9-22)38(33,34)31(25)19-23-10-11-24(18-26(23)30)29(14-16-35-17-15-29)21-36-20-28(32)37-4-2/h3,5-11,18,25,27H,1,4,12-17,19-21H2,2H3/t25-,27+/m0/s1. The van der Waals surface area contributed by atoms with Gasteiger partial charge in [0.15, 0.2) is 0 Å². The van der Waals surface area contributed by atoms with Crippen molar-refractivity contribution in [3.8, 4) is 0 Å². The molecule has 2 aliphatic heterocycles. The van der Waals surface area contributed by atoms with Gasteiger partial charge >= 0.3 is 5.97 Å². The van der Waals surface area contributed by atoms with E-state index in [9.17, 15) is 13.2 Å². The number of halogens is 1. The first-order valence-electron chi connectivity index (χ1n) is 13.1. The average Bonchev–Trinajstić information content (AvgIpc) is 2.91. The number of sulfonamides is 1. The van der Waals surface area contributed by atoms with E-state index in [0.717, 1.165) is 11.1 Å². The smallest absolute Gasteiger partial charge is 0.332 e. The van der Waals surface area contributed by atoms with Gasteiger partial charge in [0.25, 0.3) is 0 Å². The number of carbonyl (C=O) groups excluding carboxylic acids is 1. The van der Waals surface area contributed by atoms with Crippen LogP contribution in [0.15, 0.2) is 61.2 Å². The first-order valence-corrected chi connectivity index (χ1v) is 14.6. The molecule has 2 heterocycles. The molecule has 2 aromatic rings. The van der Waals surface area contributed by atoms with Gasteiger partial charge in [-0.15, -0.1) is 6.58 Å². The second-order valence-electron chi connectivity index (χ2n) is 9.87. The van der Waals surface area contributed by atoms with Crippen LogP contribution in [0.3, 0.4) is 0 Å². The Balaban J connectivity index is 1.56. The van der Waals surface area contributed by atoms with Gasteiger partial charge in [-0.05, 0) is 49.8 Å². The summed E-state index contributed by atoms with van der Waals surface area (Å²) in [4.78, 5) is 11.7. The topological polar surface area (TPSA) is 82.1 Å². The van der Waals surface area contributed by atoms with E-state index in [-0.39, 0.29) is 26.4 Å². The summed E-state index contributed by atoms with van der Waals surface area (Å²) in [5.74, 6) is -0.914. The molecule has 2 aromatic carbocycles. The predicted molar refractivity (Wildman–Crippen MR) is 142 cm³/mol. The van der Waals surface area contributed by atoms with E-state index >= 15 is 4.39 Å². The molecule has 0 bridgehead atoms. The maximum Gasteiger partial charge on any atom is 0.332 e. The van der Waals surface area contributed by atoms with Crippen LogP contribution in [0.1, 0.15) is 54.5 Å². The summed E-state index contributed by atoms with van der Waals surface area (Å²) in [6, 6.07) is 13.7. The number of hydrogen-bond donors (Lipinski definition) is 0. The van der Waals surface area contributed by atoms with Crippen molar-refractivity contribution in [2.75, 3.05) is 33.0 Å². The van der Waals surface area contributed by atoms with Crippen molar-refractivity contribution in [1.82, 2.24) is 4.31 Å². The molecule has 0 spiro atoms. The highest BCUT2D eigenvalue weighted by Gasteiger charge is 2.42. The van der Waals surface area contributed by atoms with Gasteiger partial charge in [-0.1, -0.05) is 48.5 Å². The minimum absolute atomic E-state index is 0.0794. The molecule has 0 radical (unpaired) electrons. The van der Waals surface area contributed by atoms with Gasteiger partial charge in [0.1, 0.15) is 17.7 Å². The van der Waals surface area contributed by atoms with Crippen LogP contribution in [0.2, 0.25) is 0 Å². The van der Waals surface area contributed by atoms with Crippen molar-refractivity contribution in [3.05, 3.63) is 83.7 Å². The lowest BCUT2D eigenvalue weighted by Crippen LogP contribution is -2.45. The molecule has 2 atom stereocenters. The molecule has 0 aromatic heterocycles. The van der Waals surface area contributed by atoms with Crippen LogP contribution in [-0.4, -0.2) is 57.8 Å². The van der Waals surface area contributed by atoms with Crippen LogP contribution in [-0.2, 0) is 41.0 Å². The Hall–Kier alpha value is -2.59. The molecular formula is C29H36FNO6S. The lowest BCUT2D eigenvalue weighted by molar-refractivity contribution is -0.149. The molecule has 2 saturated heterocycles. The van der Waals surface area contributed by atoms with Gasteiger partial charge in [0.2, 0.25) is 10.0 Å². The molecular weight excluding hydrogens is 509 g/mol. The highest BCUT2D eigenvalue weighted by Crippen LogP contribution is 2.40. The van der Waals surface area contributed by atoms with Crippen LogP contribution >= 0.6 is 0 Å². The van der Waals surface area contributed by atoms with Crippen LogP contribution < -0.4 is 0 Å². The second-order valence-corrected chi connectivity index (χ2v) is 11.9. The summed E-state index contributed by atoms with van der Waals surface area (Å²) in [5, 5.41) is -0.677. The van der Waals surface area contributed by atoms with Gasteiger partial charge in [-0.3, -0.25) is 0 Å². The third-order valence-electron chi connectivity index (χ3n) is 7.57. The van der Waals surface area contributed by atoms with E-state index in [1.165, 1.54) is 10.4 Å². The Bertz CT molecular complexity index is 1210. The van der Waals surface area contributed by atoms with Crippen LogP contribution in [0, 0.1) is 5.82 Å². The summed E-state index contributed by atoms with van der Waals surface area (Å²) in [5.41, 5.74) is 1.27. The Morgan fingerprint density at radius 1 is 1.18 bits per heavy atom. The molecule has 2 fully saturated rings. The van der Waals surface area contributed by atoms with Gasteiger partial charge in [-0.2, -0.15) is 4.31 Å². The summed E-state index contributed by atoms with van der Waals surface area (Å²) in [6.07, 6.45) is 3.96. The molecule has 0 saturated carbocycles. The monoisotopic (exact) mass is 545 g/mol. The minimum atomic E-state index is -3.75. The summed E-state index contributed by atoms with van der Waals surface area (Å²) >= 11 is 0. The molecule has 206 valence electrons. The van der Waals surface area contributed by atoms with E-state index in [1.54, 1.807) is 19.1 Å². The molecule has 0 aliphatic carbocycles. The Morgan fingerprint density at radius 3 is 2.58 bits per heavy atom. The molecule has 2 aliphatic rings. The fourth-order valence-electron chi connectivity index (χ4n) is 5.40. The Morgan fingerprint density at radius 2 is 1.92 bits per heavy atom. The fraction of sp³-hybridized carbons (Fsp3) is 0.483. The molecule has 0 N–H and O–H groups in total. The number of benzene rings is 2. The minimum Gasteiger partial charge on any atom is -0.464 e. The van der Waals surface area contributed by atoms with Crippen LogP contribution in [0.4, 0.5) is 4.39 Å². The quantitative estimate of drug-likeness (QED) is 0.319. The first kappa shape index (κ1) is 28.4. The number of rotatable bonds is 10. The van der Waals surface area contributed by atoms with Crippen molar-refractivity contribution in [1.29, 1.82) is 0 Å². The van der Waals surface area contributed by atoms with Gasteiger partial charge in [0.05, 0.1) is 13.2 Å². The van der Waals surface area contributed by atoms with Crippen molar-refractivity contribution >= 4 is 16.0 Å². The van der Waals surface area contributed by atoms with E-state index in [0.29, 0.717) is 44.5 Å². The van der Waals surface area contributed by atoms with Crippen LogP contribution in [0.25, 0.3) is 0 Å². The predicted octanol–water partition coefficient (Wildman–Crippen LogP) is 4.68. The summed E-state index contributed by atoms with van der Waals surface area (Å²) in [6.45, 7) is 6.83. The zero-order valence-corrected chi connectivity index (χ0v) is 22.6. The number of nitrogens with zero attached hydrogens (tertiary/aromatic N) is 1. The van der Waals surface area contributed by atoms with Crippen molar-refractivity contribution in [2.24, 2.45) is 0 Å². The zero-order chi connectivity index (χ0) is 27.2. The highest BCUT2D eigenvalue weighted by atomic mass is 32.2. The van der Waals surface area contributed by atoms with E-state index in [4.69, 9.17) is 14.2 Å². The van der Waals surface area contributed by atoms with Gasteiger partial charge < -0.3 is 14.2 Å². The first-order chi connectivity index (χ1) is 18.3. The molecule has 7 nitrogen and oxygen atoms in total. The molecule has 9 heteroatoms. The third kappa shape index (κ3) is 6.17. The summed E-state index contributed by atoms with van der Waals surface area (Å²) < 4.78 is 60.5. The maximum atomic E-state index is 15.6. The average molecular weight is 546 g/mol.